The molecular weight excluding hydrogens is 202 g/mol. The van der Waals surface area contributed by atoms with Crippen molar-refractivity contribution >= 4 is 5.97 Å². The van der Waals surface area contributed by atoms with Gasteiger partial charge in [0.15, 0.2) is 0 Å². The van der Waals surface area contributed by atoms with Crippen molar-refractivity contribution in [2.24, 2.45) is 0 Å². The van der Waals surface area contributed by atoms with E-state index in [1.165, 1.54) is 25.7 Å². The minimum Gasteiger partial charge on any atom is -0.480 e. The minimum atomic E-state index is -0.624. The molecule has 92 valence electrons. The van der Waals surface area contributed by atoms with Gasteiger partial charge in [0.25, 0.3) is 0 Å². The van der Waals surface area contributed by atoms with Gasteiger partial charge >= 0.3 is 5.97 Å². The van der Waals surface area contributed by atoms with E-state index in [2.05, 4.69) is 5.32 Å². The van der Waals surface area contributed by atoms with Gasteiger partial charge in [-0.15, -0.1) is 0 Å². The Kier molecular flexibility index (Phi) is 3.85. The molecule has 3 nitrogen and oxygen atoms in total. The first-order chi connectivity index (χ1) is 7.73. The standard InChI is InChI=1S/C13H23NO2/c15-12(16)13(14-11-7-6-8-11)9-4-2-1-3-5-10-13/h11,14H,1-10H2,(H,15,16). The maximum atomic E-state index is 11.6. The van der Waals surface area contributed by atoms with E-state index in [0.29, 0.717) is 6.04 Å². The number of carboxylic acid groups (broad SMARTS) is 1. The summed E-state index contributed by atoms with van der Waals surface area (Å²) < 4.78 is 0. The fourth-order valence-electron chi connectivity index (χ4n) is 2.87. The van der Waals surface area contributed by atoms with Crippen LogP contribution in [0.3, 0.4) is 0 Å². The smallest absolute Gasteiger partial charge is 0.323 e. The molecule has 0 aromatic carbocycles. The highest BCUT2D eigenvalue weighted by Crippen LogP contribution is 2.30. The number of rotatable bonds is 3. The second kappa shape index (κ2) is 5.17. The molecule has 2 fully saturated rings. The molecule has 0 atom stereocenters. The lowest BCUT2D eigenvalue weighted by atomic mass is 9.81. The third kappa shape index (κ3) is 2.57. The Morgan fingerprint density at radius 3 is 2.00 bits per heavy atom. The zero-order valence-corrected chi connectivity index (χ0v) is 10.0. The molecule has 0 unspecified atom stereocenters. The quantitative estimate of drug-likeness (QED) is 0.776. The molecule has 0 spiro atoms. The molecule has 16 heavy (non-hydrogen) atoms. The summed E-state index contributed by atoms with van der Waals surface area (Å²) in [5, 5.41) is 12.9. The maximum Gasteiger partial charge on any atom is 0.323 e. The molecule has 2 aliphatic carbocycles. The van der Waals surface area contributed by atoms with Gasteiger partial charge in [0.05, 0.1) is 0 Å². The molecule has 2 aliphatic rings. The molecule has 2 N–H and O–H groups in total. The molecule has 0 heterocycles. The second-order valence-corrected chi connectivity index (χ2v) is 5.43. The average molecular weight is 225 g/mol. The van der Waals surface area contributed by atoms with E-state index in [1.807, 2.05) is 0 Å². The van der Waals surface area contributed by atoms with Gasteiger partial charge in [-0.3, -0.25) is 10.1 Å². The SMILES string of the molecule is O=C(O)C1(NC2CCC2)CCCCCCC1. The topological polar surface area (TPSA) is 49.3 Å². The lowest BCUT2D eigenvalue weighted by Crippen LogP contribution is -2.57. The highest BCUT2D eigenvalue weighted by molar-refractivity contribution is 5.78. The molecule has 0 aliphatic heterocycles. The van der Waals surface area contributed by atoms with Crippen molar-refractivity contribution in [3.8, 4) is 0 Å². The van der Waals surface area contributed by atoms with Crippen LogP contribution in [0, 0.1) is 0 Å². The summed E-state index contributed by atoms with van der Waals surface area (Å²) in [6.45, 7) is 0. The zero-order valence-electron chi connectivity index (χ0n) is 10.0. The largest absolute Gasteiger partial charge is 0.480 e. The van der Waals surface area contributed by atoms with Gasteiger partial charge < -0.3 is 5.11 Å². The minimum absolute atomic E-state index is 0.468. The normalized spacial score (nSPS) is 26.5. The molecule has 3 heteroatoms. The van der Waals surface area contributed by atoms with E-state index in [1.54, 1.807) is 0 Å². The third-order valence-electron chi connectivity index (χ3n) is 4.20. The van der Waals surface area contributed by atoms with E-state index >= 15 is 0 Å². The third-order valence-corrected chi connectivity index (χ3v) is 4.20. The van der Waals surface area contributed by atoms with Gasteiger partial charge in [0.1, 0.15) is 5.54 Å². The van der Waals surface area contributed by atoms with Gasteiger partial charge in [0, 0.05) is 6.04 Å². The van der Waals surface area contributed by atoms with Crippen LogP contribution in [-0.2, 0) is 4.79 Å². The van der Waals surface area contributed by atoms with E-state index in [0.717, 1.165) is 38.5 Å². The summed E-state index contributed by atoms with van der Waals surface area (Å²) in [5.41, 5.74) is -0.606. The predicted octanol–water partition coefficient (Wildman–Crippen LogP) is 2.70. The molecule has 0 aromatic heterocycles. The highest BCUT2D eigenvalue weighted by Gasteiger charge is 2.40. The first-order valence-corrected chi connectivity index (χ1v) is 6.74. The van der Waals surface area contributed by atoms with Crippen LogP contribution < -0.4 is 5.32 Å². The van der Waals surface area contributed by atoms with Crippen LogP contribution in [-0.4, -0.2) is 22.7 Å². The summed E-state index contributed by atoms with van der Waals surface area (Å²) in [7, 11) is 0. The van der Waals surface area contributed by atoms with Crippen LogP contribution in [0.4, 0.5) is 0 Å². The number of hydrogen-bond acceptors (Lipinski definition) is 2. The fraction of sp³-hybridized carbons (Fsp3) is 0.923. The molecule has 0 radical (unpaired) electrons. The van der Waals surface area contributed by atoms with Crippen LogP contribution in [0.25, 0.3) is 0 Å². The van der Waals surface area contributed by atoms with Crippen LogP contribution in [0.15, 0.2) is 0 Å². The van der Waals surface area contributed by atoms with Crippen LogP contribution in [0.2, 0.25) is 0 Å². The lowest BCUT2D eigenvalue weighted by molar-refractivity contribution is -0.146. The van der Waals surface area contributed by atoms with Gasteiger partial charge in [-0.25, -0.2) is 0 Å². The van der Waals surface area contributed by atoms with Crippen molar-refractivity contribution < 1.29 is 9.90 Å². The molecule has 0 bridgehead atoms. The lowest BCUT2D eigenvalue weighted by Gasteiger charge is -2.39. The number of carbonyl (C=O) groups is 1. The van der Waals surface area contributed by atoms with Gasteiger partial charge in [-0.2, -0.15) is 0 Å². The summed E-state index contributed by atoms with van der Waals surface area (Å²) in [6, 6.07) is 0.468. The van der Waals surface area contributed by atoms with Gasteiger partial charge in [0.2, 0.25) is 0 Å². The summed E-state index contributed by atoms with van der Waals surface area (Å²) in [4.78, 5) is 11.6. The fourth-order valence-corrected chi connectivity index (χ4v) is 2.87. The average Bonchev–Trinajstić information content (AvgIpc) is 2.13. The van der Waals surface area contributed by atoms with Crippen molar-refractivity contribution in [2.75, 3.05) is 0 Å². The first-order valence-electron chi connectivity index (χ1n) is 6.74. The van der Waals surface area contributed by atoms with E-state index < -0.39 is 11.5 Å². The highest BCUT2D eigenvalue weighted by atomic mass is 16.4. The van der Waals surface area contributed by atoms with Gasteiger partial charge in [-0.1, -0.05) is 38.5 Å². The number of carboxylic acids is 1. The Balaban J connectivity index is 2.01. The number of nitrogens with one attached hydrogen (secondary N) is 1. The van der Waals surface area contributed by atoms with Crippen molar-refractivity contribution in [2.45, 2.75) is 75.8 Å². The Bertz CT molecular complexity index is 240. The summed E-state index contributed by atoms with van der Waals surface area (Å²) in [5.74, 6) is -0.624. The molecule has 2 rings (SSSR count). The first kappa shape index (κ1) is 11.9. The van der Waals surface area contributed by atoms with Crippen LogP contribution in [0.1, 0.15) is 64.2 Å². The molecule has 0 aromatic rings. The molecular formula is C13H23NO2. The number of aliphatic carboxylic acids is 1. The predicted molar refractivity (Wildman–Crippen MR) is 63.5 cm³/mol. The van der Waals surface area contributed by atoms with E-state index in [-0.39, 0.29) is 0 Å². The van der Waals surface area contributed by atoms with E-state index in [9.17, 15) is 9.90 Å². The monoisotopic (exact) mass is 225 g/mol. The Morgan fingerprint density at radius 1 is 1.00 bits per heavy atom. The molecule has 0 saturated heterocycles. The van der Waals surface area contributed by atoms with Crippen LogP contribution >= 0.6 is 0 Å². The van der Waals surface area contributed by atoms with Gasteiger partial charge in [-0.05, 0) is 25.7 Å². The van der Waals surface area contributed by atoms with E-state index in [4.69, 9.17) is 0 Å². The molecule has 2 saturated carbocycles. The summed E-state index contributed by atoms with van der Waals surface area (Å²) >= 11 is 0. The van der Waals surface area contributed by atoms with Crippen molar-refractivity contribution in [3.05, 3.63) is 0 Å². The Hall–Kier alpha value is -0.570. The van der Waals surface area contributed by atoms with Crippen molar-refractivity contribution in [1.82, 2.24) is 5.32 Å². The Labute approximate surface area is 97.6 Å². The Morgan fingerprint density at radius 2 is 1.56 bits per heavy atom. The van der Waals surface area contributed by atoms with Crippen molar-refractivity contribution in [3.63, 3.8) is 0 Å². The maximum absolute atomic E-state index is 11.6. The zero-order chi connectivity index (χ0) is 11.4. The van der Waals surface area contributed by atoms with Crippen LogP contribution in [0.5, 0.6) is 0 Å². The number of hydrogen-bond donors (Lipinski definition) is 2. The van der Waals surface area contributed by atoms with Crippen molar-refractivity contribution in [1.29, 1.82) is 0 Å². The second-order valence-electron chi connectivity index (χ2n) is 5.43. The molecule has 0 amide bonds. The summed E-state index contributed by atoms with van der Waals surface area (Å²) in [6.07, 6.45) is 11.0.